The number of phenolic OH excluding ortho intramolecular Hbond substituents is 1. The molecule has 6 nitrogen and oxygen atoms in total. The van der Waals surface area contributed by atoms with Crippen molar-refractivity contribution >= 4 is 11.6 Å². The van der Waals surface area contributed by atoms with Crippen molar-refractivity contribution in [2.24, 2.45) is 5.11 Å². The van der Waals surface area contributed by atoms with Crippen LogP contribution >= 0.6 is 11.6 Å². The van der Waals surface area contributed by atoms with E-state index >= 15 is 0 Å². The first-order valence-corrected chi connectivity index (χ1v) is 5.71. The number of hydrogen-bond donors (Lipinski definition) is 3. The first-order chi connectivity index (χ1) is 8.47. The second-order valence-corrected chi connectivity index (χ2v) is 4.33. The monoisotopic (exact) mass is 271 g/mol. The van der Waals surface area contributed by atoms with Crippen LogP contribution in [0.2, 0.25) is 5.02 Å². The molecule has 3 N–H and O–H groups in total. The third kappa shape index (κ3) is 3.51. The summed E-state index contributed by atoms with van der Waals surface area (Å²) in [7, 11) is 0. The lowest BCUT2D eigenvalue weighted by molar-refractivity contribution is 0.0150. The zero-order valence-electron chi connectivity index (χ0n) is 9.78. The van der Waals surface area contributed by atoms with Gasteiger partial charge >= 0.3 is 0 Å². The standard InChI is InChI=1S/C11H14ClN3O3/c1-6-4-7(5-8(12)10(6)17)11(18)9(16)2-3-14-15-13/h4-5,9,11,16-18H,2-3H2,1H3. The molecule has 1 aromatic rings. The van der Waals surface area contributed by atoms with Crippen LogP contribution in [0.3, 0.4) is 0 Å². The molecule has 0 radical (unpaired) electrons. The maximum atomic E-state index is 9.90. The minimum atomic E-state index is -1.14. The molecule has 98 valence electrons. The summed E-state index contributed by atoms with van der Waals surface area (Å²) in [6.07, 6.45) is -2.06. The number of azide groups is 1. The molecule has 18 heavy (non-hydrogen) atoms. The van der Waals surface area contributed by atoms with Crippen LogP contribution in [0.15, 0.2) is 17.2 Å². The molecule has 7 heteroatoms. The molecule has 1 rings (SSSR count). The van der Waals surface area contributed by atoms with E-state index in [2.05, 4.69) is 10.0 Å². The Hall–Kier alpha value is -1.46. The van der Waals surface area contributed by atoms with Crippen molar-refractivity contribution in [3.05, 3.63) is 38.7 Å². The van der Waals surface area contributed by atoms with Gasteiger partial charge in [-0.3, -0.25) is 0 Å². The SMILES string of the molecule is Cc1cc(C(O)C(O)CCN=[N+]=[N-])cc(Cl)c1O. The minimum Gasteiger partial charge on any atom is -0.506 e. The molecule has 0 aliphatic carbocycles. The smallest absolute Gasteiger partial charge is 0.137 e. The van der Waals surface area contributed by atoms with Gasteiger partial charge in [-0.2, -0.15) is 0 Å². The van der Waals surface area contributed by atoms with E-state index in [0.717, 1.165) is 0 Å². The number of benzene rings is 1. The van der Waals surface area contributed by atoms with Crippen LogP contribution in [0.4, 0.5) is 0 Å². The summed E-state index contributed by atoms with van der Waals surface area (Å²) >= 11 is 5.79. The van der Waals surface area contributed by atoms with E-state index in [9.17, 15) is 15.3 Å². The summed E-state index contributed by atoms with van der Waals surface area (Å²) in [5, 5.41) is 32.5. The second kappa shape index (κ2) is 6.47. The van der Waals surface area contributed by atoms with Crippen molar-refractivity contribution in [1.82, 2.24) is 0 Å². The summed E-state index contributed by atoms with van der Waals surface area (Å²) in [5.41, 5.74) is 9.03. The molecule has 1 aromatic carbocycles. The Balaban J connectivity index is 2.83. The molecule has 0 amide bonds. The lowest BCUT2D eigenvalue weighted by Crippen LogP contribution is -2.19. The van der Waals surface area contributed by atoms with Gasteiger partial charge in [0.25, 0.3) is 0 Å². The van der Waals surface area contributed by atoms with Gasteiger partial charge in [0, 0.05) is 11.5 Å². The maximum Gasteiger partial charge on any atom is 0.137 e. The Bertz CT molecular complexity index is 452. The molecular weight excluding hydrogens is 258 g/mol. The van der Waals surface area contributed by atoms with Gasteiger partial charge in [0.05, 0.1) is 11.1 Å². The summed E-state index contributed by atoms with van der Waals surface area (Å²) in [5.74, 6) is -0.0452. The quantitative estimate of drug-likeness (QED) is 0.434. The molecule has 0 spiro atoms. The number of aliphatic hydroxyl groups excluding tert-OH is 2. The van der Waals surface area contributed by atoms with Crippen molar-refractivity contribution < 1.29 is 15.3 Å². The summed E-state index contributed by atoms with van der Waals surface area (Å²) in [6.45, 7) is 1.74. The zero-order valence-corrected chi connectivity index (χ0v) is 10.5. The van der Waals surface area contributed by atoms with Crippen molar-refractivity contribution in [2.75, 3.05) is 6.54 Å². The average Bonchev–Trinajstić information content (AvgIpc) is 2.34. The number of nitrogens with zero attached hydrogens (tertiary/aromatic N) is 3. The molecule has 2 unspecified atom stereocenters. The van der Waals surface area contributed by atoms with Gasteiger partial charge in [-0.1, -0.05) is 16.7 Å². The van der Waals surface area contributed by atoms with Crippen molar-refractivity contribution in [2.45, 2.75) is 25.6 Å². The van der Waals surface area contributed by atoms with E-state index in [1.165, 1.54) is 6.07 Å². The first-order valence-electron chi connectivity index (χ1n) is 5.33. The molecule has 0 saturated carbocycles. The molecule has 0 saturated heterocycles. The normalized spacial score (nSPS) is 13.8. The Morgan fingerprint density at radius 3 is 2.67 bits per heavy atom. The van der Waals surface area contributed by atoms with Crippen LogP contribution < -0.4 is 0 Å². The lowest BCUT2D eigenvalue weighted by Gasteiger charge is -2.18. The van der Waals surface area contributed by atoms with Crippen LogP contribution in [-0.2, 0) is 0 Å². The van der Waals surface area contributed by atoms with E-state index in [1.807, 2.05) is 0 Å². The number of aromatic hydroxyl groups is 1. The number of halogens is 1. The minimum absolute atomic E-state index is 0.0452. The Labute approximate surface area is 109 Å². The number of aliphatic hydroxyl groups is 2. The fraction of sp³-hybridized carbons (Fsp3) is 0.455. The van der Waals surface area contributed by atoms with Crippen molar-refractivity contribution in [3.8, 4) is 5.75 Å². The van der Waals surface area contributed by atoms with E-state index in [1.54, 1.807) is 13.0 Å². The zero-order chi connectivity index (χ0) is 13.7. The largest absolute Gasteiger partial charge is 0.506 e. The van der Waals surface area contributed by atoms with Crippen LogP contribution in [0.25, 0.3) is 10.4 Å². The second-order valence-electron chi connectivity index (χ2n) is 3.92. The highest BCUT2D eigenvalue weighted by atomic mass is 35.5. The molecule has 0 heterocycles. The number of phenols is 1. The highest BCUT2D eigenvalue weighted by Crippen LogP contribution is 2.31. The van der Waals surface area contributed by atoms with Gasteiger partial charge in [-0.15, -0.1) is 0 Å². The van der Waals surface area contributed by atoms with Gasteiger partial charge in [-0.25, -0.2) is 0 Å². The lowest BCUT2D eigenvalue weighted by atomic mass is 10.00. The predicted molar refractivity (Wildman–Crippen MR) is 67.5 cm³/mol. The molecule has 2 atom stereocenters. The van der Waals surface area contributed by atoms with Crippen molar-refractivity contribution in [3.63, 3.8) is 0 Å². The molecule has 0 aliphatic heterocycles. The van der Waals surface area contributed by atoms with Gasteiger partial charge in [0.2, 0.25) is 0 Å². The van der Waals surface area contributed by atoms with Crippen LogP contribution in [0, 0.1) is 6.92 Å². The first kappa shape index (κ1) is 14.6. The summed E-state index contributed by atoms with van der Waals surface area (Å²) < 4.78 is 0. The molecule has 0 aliphatic rings. The maximum absolute atomic E-state index is 9.90. The van der Waals surface area contributed by atoms with Gasteiger partial charge < -0.3 is 15.3 Å². The topological polar surface area (TPSA) is 109 Å². The van der Waals surface area contributed by atoms with E-state index in [4.69, 9.17) is 17.1 Å². The third-order valence-electron chi connectivity index (χ3n) is 2.57. The molecule has 0 fully saturated rings. The molecular formula is C11H14ClN3O3. The number of hydrogen-bond acceptors (Lipinski definition) is 4. The Morgan fingerprint density at radius 1 is 1.44 bits per heavy atom. The summed E-state index contributed by atoms with van der Waals surface area (Å²) in [4.78, 5) is 2.56. The van der Waals surface area contributed by atoms with Crippen molar-refractivity contribution in [1.29, 1.82) is 0 Å². The van der Waals surface area contributed by atoms with E-state index in [-0.39, 0.29) is 23.7 Å². The van der Waals surface area contributed by atoms with Crippen LogP contribution in [-0.4, -0.2) is 28.0 Å². The third-order valence-corrected chi connectivity index (χ3v) is 2.86. The van der Waals surface area contributed by atoms with E-state index in [0.29, 0.717) is 11.1 Å². The molecule has 0 bridgehead atoms. The summed E-state index contributed by atoms with van der Waals surface area (Å²) in [6, 6.07) is 2.94. The average molecular weight is 272 g/mol. The van der Waals surface area contributed by atoms with Gasteiger partial charge in [0.15, 0.2) is 0 Å². The number of rotatable bonds is 5. The van der Waals surface area contributed by atoms with E-state index < -0.39 is 12.2 Å². The predicted octanol–water partition coefficient (Wildman–Crippen LogP) is 2.45. The highest BCUT2D eigenvalue weighted by Gasteiger charge is 2.19. The highest BCUT2D eigenvalue weighted by molar-refractivity contribution is 6.32. The van der Waals surface area contributed by atoms with Gasteiger partial charge in [0.1, 0.15) is 11.9 Å². The fourth-order valence-electron chi connectivity index (χ4n) is 1.55. The van der Waals surface area contributed by atoms with Crippen LogP contribution in [0.1, 0.15) is 23.7 Å². The number of aryl methyl sites for hydroxylation is 1. The molecule has 0 aromatic heterocycles. The Kier molecular flexibility index (Phi) is 5.25. The van der Waals surface area contributed by atoms with Crippen LogP contribution in [0.5, 0.6) is 5.75 Å². The van der Waals surface area contributed by atoms with Gasteiger partial charge in [-0.05, 0) is 42.1 Å². The fourth-order valence-corrected chi connectivity index (χ4v) is 1.82. The Morgan fingerprint density at radius 2 is 2.11 bits per heavy atom.